The molecule has 0 saturated carbocycles. The molecule has 19 heavy (non-hydrogen) atoms. The molecule has 0 aliphatic heterocycles. The van der Waals surface area contributed by atoms with Crippen molar-refractivity contribution >= 4 is 16.8 Å². The topological polar surface area (TPSA) is 47.3 Å². The standard InChI is InChI=1S/C15H14N2O2/c1-18-12-7-8-14-13(9-12)17-15(19-14)10-16-11-5-3-2-4-6-11/h2-9,16H,10H2,1H3. The number of rotatable bonds is 4. The number of oxazole rings is 1. The molecule has 0 unspecified atom stereocenters. The van der Waals surface area contributed by atoms with E-state index in [4.69, 9.17) is 9.15 Å². The van der Waals surface area contributed by atoms with Gasteiger partial charge in [0.25, 0.3) is 0 Å². The van der Waals surface area contributed by atoms with E-state index in [1.807, 2.05) is 48.5 Å². The highest BCUT2D eigenvalue weighted by Gasteiger charge is 2.06. The van der Waals surface area contributed by atoms with Gasteiger partial charge in [-0.15, -0.1) is 0 Å². The van der Waals surface area contributed by atoms with Gasteiger partial charge in [-0.3, -0.25) is 0 Å². The van der Waals surface area contributed by atoms with Crippen molar-refractivity contribution in [3.63, 3.8) is 0 Å². The van der Waals surface area contributed by atoms with E-state index in [2.05, 4.69) is 10.3 Å². The molecule has 4 nitrogen and oxygen atoms in total. The summed E-state index contributed by atoms with van der Waals surface area (Å²) in [7, 11) is 1.64. The zero-order valence-corrected chi connectivity index (χ0v) is 10.6. The first-order valence-corrected chi connectivity index (χ1v) is 6.07. The molecule has 3 aromatic rings. The summed E-state index contributed by atoms with van der Waals surface area (Å²) in [6.45, 7) is 0.557. The summed E-state index contributed by atoms with van der Waals surface area (Å²) in [5.41, 5.74) is 2.62. The summed E-state index contributed by atoms with van der Waals surface area (Å²) in [4.78, 5) is 4.43. The van der Waals surface area contributed by atoms with E-state index < -0.39 is 0 Å². The monoisotopic (exact) mass is 254 g/mol. The van der Waals surface area contributed by atoms with Gasteiger partial charge in [0.2, 0.25) is 5.89 Å². The summed E-state index contributed by atoms with van der Waals surface area (Å²) in [5.74, 6) is 1.44. The molecule has 2 aromatic carbocycles. The summed E-state index contributed by atoms with van der Waals surface area (Å²) in [6.07, 6.45) is 0. The number of benzene rings is 2. The Balaban J connectivity index is 1.78. The van der Waals surface area contributed by atoms with Crippen molar-refractivity contribution in [2.24, 2.45) is 0 Å². The number of methoxy groups -OCH3 is 1. The maximum absolute atomic E-state index is 5.66. The van der Waals surface area contributed by atoms with Gasteiger partial charge in [-0.2, -0.15) is 0 Å². The third kappa shape index (κ3) is 2.52. The molecule has 4 heteroatoms. The first kappa shape index (κ1) is 11.6. The summed E-state index contributed by atoms with van der Waals surface area (Å²) in [6, 6.07) is 15.6. The lowest BCUT2D eigenvalue weighted by molar-refractivity contribution is 0.415. The van der Waals surface area contributed by atoms with E-state index in [0.717, 1.165) is 22.5 Å². The maximum Gasteiger partial charge on any atom is 0.214 e. The van der Waals surface area contributed by atoms with Gasteiger partial charge in [0.05, 0.1) is 13.7 Å². The fourth-order valence-electron chi connectivity index (χ4n) is 1.89. The fourth-order valence-corrected chi connectivity index (χ4v) is 1.89. The summed E-state index contributed by atoms with van der Waals surface area (Å²) >= 11 is 0. The number of nitrogens with zero attached hydrogens (tertiary/aromatic N) is 1. The largest absolute Gasteiger partial charge is 0.497 e. The minimum atomic E-state index is 0.557. The molecule has 1 N–H and O–H groups in total. The van der Waals surface area contributed by atoms with Crippen LogP contribution in [0.25, 0.3) is 11.1 Å². The predicted octanol–water partition coefficient (Wildman–Crippen LogP) is 3.45. The second kappa shape index (κ2) is 5.02. The van der Waals surface area contributed by atoms with Crippen LogP contribution in [-0.2, 0) is 6.54 Å². The summed E-state index contributed by atoms with van der Waals surface area (Å²) < 4.78 is 10.8. The average molecular weight is 254 g/mol. The van der Waals surface area contributed by atoms with Crippen LogP contribution in [0.15, 0.2) is 52.9 Å². The van der Waals surface area contributed by atoms with Crippen LogP contribution in [0.3, 0.4) is 0 Å². The van der Waals surface area contributed by atoms with E-state index in [0.29, 0.717) is 12.4 Å². The highest BCUT2D eigenvalue weighted by Crippen LogP contribution is 2.21. The Labute approximate surface area is 111 Å². The molecule has 0 fully saturated rings. The Morgan fingerprint density at radius 1 is 1.16 bits per heavy atom. The zero-order valence-electron chi connectivity index (χ0n) is 10.6. The van der Waals surface area contributed by atoms with Crippen LogP contribution in [0.5, 0.6) is 5.75 Å². The Hall–Kier alpha value is -2.49. The minimum absolute atomic E-state index is 0.557. The van der Waals surface area contributed by atoms with Crippen molar-refractivity contribution in [2.75, 3.05) is 12.4 Å². The van der Waals surface area contributed by atoms with E-state index >= 15 is 0 Å². The van der Waals surface area contributed by atoms with E-state index in [1.165, 1.54) is 0 Å². The SMILES string of the molecule is COc1ccc2oc(CNc3ccccc3)nc2c1. The van der Waals surface area contributed by atoms with Crippen LogP contribution in [0.2, 0.25) is 0 Å². The number of hydrogen-bond acceptors (Lipinski definition) is 4. The van der Waals surface area contributed by atoms with Crippen LogP contribution in [0, 0.1) is 0 Å². The first-order valence-electron chi connectivity index (χ1n) is 6.07. The molecule has 0 bridgehead atoms. The predicted molar refractivity (Wildman–Crippen MR) is 74.3 cm³/mol. The normalized spacial score (nSPS) is 10.6. The number of nitrogens with one attached hydrogen (secondary N) is 1. The van der Waals surface area contributed by atoms with Crippen molar-refractivity contribution in [2.45, 2.75) is 6.54 Å². The zero-order chi connectivity index (χ0) is 13.1. The van der Waals surface area contributed by atoms with Crippen LogP contribution >= 0.6 is 0 Å². The van der Waals surface area contributed by atoms with Gasteiger partial charge in [-0.1, -0.05) is 18.2 Å². The van der Waals surface area contributed by atoms with Crippen molar-refractivity contribution in [3.8, 4) is 5.75 Å². The molecule has 1 aromatic heterocycles. The van der Waals surface area contributed by atoms with Crippen molar-refractivity contribution in [1.29, 1.82) is 0 Å². The van der Waals surface area contributed by atoms with Gasteiger partial charge in [0, 0.05) is 11.8 Å². The van der Waals surface area contributed by atoms with Gasteiger partial charge in [-0.05, 0) is 24.3 Å². The number of anilines is 1. The van der Waals surface area contributed by atoms with Crippen molar-refractivity contribution < 1.29 is 9.15 Å². The van der Waals surface area contributed by atoms with Gasteiger partial charge in [0.15, 0.2) is 5.58 Å². The lowest BCUT2D eigenvalue weighted by Gasteiger charge is -2.01. The van der Waals surface area contributed by atoms with E-state index in [9.17, 15) is 0 Å². The highest BCUT2D eigenvalue weighted by atomic mass is 16.5. The molecule has 3 rings (SSSR count). The minimum Gasteiger partial charge on any atom is -0.497 e. The molecule has 0 spiro atoms. The quantitative estimate of drug-likeness (QED) is 0.774. The van der Waals surface area contributed by atoms with Crippen LogP contribution in [0.1, 0.15) is 5.89 Å². The van der Waals surface area contributed by atoms with Crippen molar-refractivity contribution in [1.82, 2.24) is 4.98 Å². The van der Waals surface area contributed by atoms with E-state index in [-0.39, 0.29) is 0 Å². The number of ether oxygens (including phenoxy) is 1. The molecule has 0 amide bonds. The van der Waals surface area contributed by atoms with Gasteiger partial charge in [0.1, 0.15) is 11.3 Å². The molecule has 96 valence electrons. The molecule has 1 heterocycles. The van der Waals surface area contributed by atoms with Gasteiger partial charge >= 0.3 is 0 Å². The summed E-state index contributed by atoms with van der Waals surface area (Å²) in [5, 5.41) is 3.26. The smallest absolute Gasteiger partial charge is 0.214 e. The maximum atomic E-state index is 5.66. The van der Waals surface area contributed by atoms with Crippen molar-refractivity contribution in [3.05, 3.63) is 54.4 Å². The molecule has 0 aliphatic carbocycles. The molecule has 0 atom stereocenters. The Bertz CT molecular complexity index is 677. The second-order valence-corrected chi connectivity index (χ2v) is 4.16. The molecule has 0 aliphatic rings. The lowest BCUT2D eigenvalue weighted by atomic mass is 10.3. The number of hydrogen-bond donors (Lipinski definition) is 1. The molecular weight excluding hydrogens is 240 g/mol. The van der Waals surface area contributed by atoms with Gasteiger partial charge < -0.3 is 14.5 Å². The molecule has 0 saturated heterocycles. The van der Waals surface area contributed by atoms with Crippen LogP contribution < -0.4 is 10.1 Å². The fraction of sp³-hybridized carbons (Fsp3) is 0.133. The third-order valence-electron chi connectivity index (χ3n) is 2.86. The Kier molecular flexibility index (Phi) is 3.06. The third-order valence-corrected chi connectivity index (χ3v) is 2.86. The average Bonchev–Trinajstić information content (AvgIpc) is 2.88. The van der Waals surface area contributed by atoms with Crippen LogP contribution in [-0.4, -0.2) is 12.1 Å². The molecule has 0 radical (unpaired) electrons. The highest BCUT2D eigenvalue weighted by molar-refractivity contribution is 5.74. The lowest BCUT2D eigenvalue weighted by Crippen LogP contribution is -1.98. The second-order valence-electron chi connectivity index (χ2n) is 4.16. The van der Waals surface area contributed by atoms with Crippen LogP contribution in [0.4, 0.5) is 5.69 Å². The van der Waals surface area contributed by atoms with E-state index in [1.54, 1.807) is 7.11 Å². The number of para-hydroxylation sites is 1. The first-order chi connectivity index (χ1) is 9.35. The Morgan fingerprint density at radius 2 is 2.00 bits per heavy atom. The van der Waals surface area contributed by atoms with Gasteiger partial charge in [-0.25, -0.2) is 4.98 Å². The Morgan fingerprint density at radius 3 is 2.79 bits per heavy atom. The number of fused-ring (bicyclic) bond motifs is 1. The molecular formula is C15H14N2O2. The number of aromatic nitrogens is 1.